The Kier molecular flexibility index (Phi) is 5.85. The molecule has 2 rings (SSSR count). The van der Waals surface area contributed by atoms with Crippen LogP contribution in [0, 0.1) is 0 Å². The first-order valence-corrected chi connectivity index (χ1v) is 9.33. The summed E-state index contributed by atoms with van der Waals surface area (Å²) < 4.78 is 24.6. The minimum Gasteiger partial charge on any atom is -0.507 e. The fourth-order valence-electron chi connectivity index (χ4n) is 2.16. The lowest BCUT2D eigenvalue weighted by atomic mass is 10.1. The van der Waals surface area contributed by atoms with Crippen molar-refractivity contribution in [2.24, 2.45) is 5.10 Å². The van der Waals surface area contributed by atoms with Crippen LogP contribution >= 0.6 is 11.6 Å². The van der Waals surface area contributed by atoms with Gasteiger partial charge in [-0.2, -0.15) is 18.4 Å². The number of benzene rings is 2. The zero-order valence-electron chi connectivity index (χ0n) is 13.5. The number of aromatic hydroxyl groups is 1. The van der Waals surface area contributed by atoms with Gasteiger partial charge in [0.05, 0.1) is 10.6 Å². The minimum atomic E-state index is -3.77. The summed E-state index contributed by atoms with van der Waals surface area (Å²) >= 11 is 5.88. The van der Waals surface area contributed by atoms with Crippen LogP contribution in [0.4, 0.5) is 0 Å². The highest BCUT2D eigenvalue weighted by Gasteiger charge is 2.13. The normalized spacial score (nSPS) is 12.2. The molecule has 0 unspecified atom stereocenters. The highest BCUT2D eigenvalue weighted by Crippen LogP contribution is 2.22. The number of phenolic OH excluding ortho intramolecular Hbond substituents is 1. The number of hydrogen-bond acceptors (Lipinski definition) is 4. The van der Waals surface area contributed by atoms with E-state index in [4.69, 9.17) is 11.6 Å². The average Bonchev–Trinajstić information content (AvgIpc) is 2.56. The van der Waals surface area contributed by atoms with E-state index in [0.29, 0.717) is 16.3 Å². The van der Waals surface area contributed by atoms with Crippen molar-refractivity contribution in [3.05, 3.63) is 58.6 Å². The van der Waals surface area contributed by atoms with Gasteiger partial charge in [-0.1, -0.05) is 37.1 Å². The van der Waals surface area contributed by atoms with Gasteiger partial charge < -0.3 is 5.11 Å². The number of rotatable bonds is 6. The van der Waals surface area contributed by atoms with Crippen molar-refractivity contribution in [1.29, 1.82) is 0 Å². The maximum Gasteiger partial charge on any atom is 0.276 e. The molecule has 0 atom stereocenters. The summed E-state index contributed by atoms with van der Waals surface area (Å²) in [4.78, 5) is 2.31. The van der Waals surface area contributed by atoms with Gasteiger partial charge in [0, 0.05) is 10.6 Å². The van der Waals surface area contributed by atoms with E-state index in [-0.39, 0.29) is 10.6 Å². The predicted molar refractivity (Wildman–Crippen MR) is 96.1 cm³/mol. The Balaban J connectivity index is 2.20. The van der Waals surface area contributed by atoms with Gasteiger partial charge in [-0.15, -0.1) is 0 Å². The molecule has 2 N–H and O–H groups in total. The van der Waals surface area contributed by atoms with Crippen molar-refractivity contribution >= 4 is 27.3 Å². The molecule has 0 spiro atoms. The Morgan fingerprint density at radius 2 is 1.88 bits per heavy atom. The molecule has 0 aliphatic rings. The number of nitrogens with one attached hydrogen (secondary N) is 1. The lowest BCUT2D eigenvalue weighted by Crippen LogP contribution is -2.20. The molecule has 0 radical (unpaired) electrons. The summed E-state index contributed by atoms with van der Waals surface area (Å²) in [7, 11) is -3.77. The van der Waals surface area contributed by atoms with Gasteiger partial charge in [0.25, 0.3) is 10.0 Å². The number of nitrogens with zero attached hydrogens (tertiary/aromatic N) is 1. The monoisotopic (exact) mass is 366 g/mol. The van der Waals surface area contributed by atoms with Gasteiger partial charge >= 0.3 is 0 Å². The fourth-order valence-corrected chi connectivity index (χ4v) is 3.19. The molecule has 2 aromatic carbocycles. The zero-order chi connectivity index (χ0) is 17.7. The van der Waals surface area contributed by atoms with Crippen LogP contribution in [-0.4, -0.2) is 19.2 Å². The Morgan fingerprint density at radius 1 is 1.21 bits per heavy atom. The summed E-state index contributed by atoms with van der Waals surface area (Å²) in [6.45, 7) is 3.65. The first-order valence-electron chi connectivity index (χ1n) is 7.47. The molecule has 24 heavy (non-hydrogen) atoms. The smallest absolute Gasteiger partial charge is 0.276 e. The van der Waals surface area contributed by atoms with E-state index in [2.05, 4.69) is 16.9 Å². The molecule has 0 aromatic heterocycles. The van der Waals surface area contributed by atoms with Gasteiger partial charge in [0.2, 0.25) is 0 Å². The van der Waals surface area contributed by atoms with Crippen molar-refractivity contribution in [1.82, 2.24) is 4.83 Å². The first-order chi connectivity index (χ1) is 11.3. The molecule has 0 saturated carbocycles. The van der Waals surface area contributed by atoms with E-state index in [1.165, 1.54) is 18.2 Å². The van der Waals surface area contributed by atoms with Crippen LogP contribution in [0.5, 0.6) is 5.75 Å². The maximum atomic E-state index is 12.3. The number of aryl methyl sites for hydroxylation is 1. The van der Waals surface area contributed by atoms with Crippen molar-refractivity contribution in [3.63, 3.8) is 0 Å². The van der Waals surface area contributed by atoms with Gasteiger partial charge in [-0.25, -0.2) is 0 Å². The second-order valence-electron chi connectivity index (χ2n) is 5.35. The Morgan fingerprint density at radius 3 is 2.50 bits per heavy atom. The minimum absolute atomic E-state index is 0.0243. The molecule has 0 aliphatic carbocycles. The number of hydrazone groups is 1. The van der Waals surface area contributed by atoms with E-state index in [1.54, 1.807) is 31.2 Å². The summed E-state index contributed by atoms with van der Waals surface area (Å²) in [6, 6.07) is 11.2. The van der Waals surface area contributed by atoms with Crippen LogP contribution in [0.1, 0.15) is 31.4 Å². The standard InChI is InChI=1S/C17H19ClN2O3S/c1-3-4-13-5-8-15(9-6-13)24(22,23)20-19-12(2)16-11-14(18)7-10-17(16)21/h5-11,20-21H,3-4H2,1-2H3/b19-12+. The molecule has 5 nitrogen and oxygen atoms in total. The summed E-state index contributed by atoms with van der Waals surface area (Å²) in [5.41, 5.74) is 1.75. The fraction of sp³-hybridized carbons (Fsp3) is 0.235. The number of halogens is 1. The highest BCUT2D eigenvalue weighted by atomic mass is 35.5. The molecule has 0 heterocycles. The molecule has 2 aromatic rings. The Labute approximate surface area is 147 Å². The molecule has 0 amide bonds. The van der Waals surface area contributed by atoms with Gasteiger partial charge in [0.15, 0.2) is 0 Å². The Hall–Kier alpha value is -2.05. The van der Waals surface area contributed by atoms with Crippen molar-refractivity contribution in [2.75, 3.05) is 0 Å². The summed E-state index contributed by atoms with van der Waals surface area (Å²) in [5.74, 6) is -0.0243. The second kappa shape index (κ2) is 7.68. The lowest BCUT2D eigenvalue weighted by Gasteiger charge is -2.08. The van der Waals surface area contributed by atoms with E-state index in [9.17, 15) is 13.5 Å². The van der Waals surface area contributed by atoms with E-state index in [0.717, 1.165) is 18.4 Å². The summed E-state index contributed by atoms with van der Waals surface area (Å²) in [5, 5.41) is 14.1. The van der Waals surface area contributed by atoms with Crippen LogP contribution in [0.3, 0.4) is 0 Å². The quantitative estimate of drug-likeness (QED) is 0.604. The largest absolute Gasteiger partial charge is 0.507 e. The van der Waals surface area contributed by atoms with Crippen LogP contribution in [0.2, 0.25) is 5.02 Å². The molecule has 0 bridgehead atoms. The molecular weight excluding hydrogens is 348 g/mol. The SMILES string of the molecule is CCCc1ccc(S(=O)(=O)N/N=C(\C)c2cc(Cl)ccc2O)cc1. The highest BCUT2D eigenvalue weighted by molar-refractivity contribution is 7.89. The average molecular weight is 367 g/mol. The molecule has 0 aliphatic heterocycles. The third kappa shape index (κ3) is 4.49. The van der Waals surface area contributed by atoms with Crippen molar-refractivity contribution in [3.8, 4) is 5.75 Å². The number of phenols is 1. The van der Waals surface area contributed by atoms with Crippen molar-refractivity contribution in [2.45, 2.75) is 31.6 Å². The van der Waals surface area contributed by atoms with Gasteiger partial charge in [0.1, 0.15) is 5.75 Å². The van der Waals surface area contributed by atoms with Crippen LogP contribution < -0.4 is 4.83 Å². The molecule has 0 fully saturated rings. The third-order valence-corrected chi connectivity index (χ3v) is 4.91. The van der Waals surface area contributed by atoms with E-state index >= 15 is 0 Å². The predicted octanol–water partition coefficient (Wildman–Crippen LogP) is 3.70. The second-order valence-corrected chi connectivity index (χ2v) is 7.44. The van der Waals surface area contributed by atoms with E-state index < -0.39 is 10.0 Å². The molecule has 128 valence electrons. The number of hydrogen-bond donors (Lipinski definition) is 2. The van der Waals surface area contributed by atoms with Crippen LogP contribution in [-0.2, 0) is 16.4 Å². The summed E-state index contributed by atoms with van der Waals surface area (Å²) in [6.07, 6.45) is 1.90. The maximum absolute atomic E-state index is 12.3. The van der Waals surface area contributed by atoms with Gasteiger partial charge in [-0.05, 0) is 49.2 Å². The molecule has 7 heteroatoms. The van der Waals surface area contributed by atoms with Crippen molar-refractivity contribution < 1.29 is 13.5 Å². The van der Waals surface area contributed by atoms with E-state index in [1.807, 2.05) is 0 Å². The van der Waals surface area contributed by atoms with Crippen LogP contribution in [0.25, 0.3) is 0 Å². The van der Waals surface area contributed by atoms with Gasteiger partial charge in [-0.3, -0.25) is 0 Å². The Bertz CT molecular complexity index is 847. The first kappa shape index (κ1) is 18.3. The van der Waals surface area contributed by atoms with Crippen LogP contribution in [0.15, 0.2) is 52.5 Å². The number of sulfonamides is 1. The zero-order valence-corrected chi connectivity index (χ0v) is 15.0. The molecular formula is C17H19ClN2O3S. The lowest BCUT2D eigenvalue weighted by molar-refractivity contribution is 0.474. The topological polar surface area (TPSA) is 78.8 Å². The third-order valence-electron chi connectivity index (χ3n) is 3.45. The molecule has 0 saturated heterocycles.